The number of nitrogens with zero attached hydrogens (tertiary/aromatic N) is 3. The van der Waals surface area contributed by atoms with Crippen LogP contribution in [0.5, 0.6) is 5.75 Å². The molecule has 2 heterocycles. The zero-order valence-corrected chi connectivity index (χ0v) is 11.6. The monoisotopic (exact) mass is 285 g/mol. The molecule has 108 valence electrons. The number of nitriles is 1. The number of β-amino-alcohol motifs (C(OH)–C–C–N with tert-alkyl or cyclic N) is 1. The predicted octanol–water partition coefficient (Wildman–Crippen LogP) is 1.79. The van der Waals surface area contributed by atoms with E-state index in [2.05, 4.69) is 4.98 Å². The molecule has 3 rings (SSSR count). The van der Waals surface area contributed by atoms with Crippen LogP contribution in [0.4, 0.5) is 5.88 Å². The van der Waals surface area contributed by atoms with Gasteiger partial charge < -0.3 is 19.2 Å². The SMILES string of the molecule is COc1ccccc1-c1nc(C#N)c(N2CC[C@@H](O)C2)o1. The highest BCUT2D eigenvalue weighted by molar-refractivity contribution is 5.66. The van der Waals surface area contributed by atoms with Crippen LogP contribution in [0.3, 0.4) is 0 Å². The van der Waals surface area contributed by atoms with Crippen molar-refractivity contribution in [3.05, 3.63) is 30.0 Å². The van der Waals surface area contributed by atoms with Crippen molar-refractivity contribution in [3.63, 3.8) is 0 Å². The normalized spacial score (nSPS) is 17.8. The molecule has 6 heteroatoms. The Bertz CT molecular complexity index is 690. The van der Waals surface area contributed by atoms with Gasteiger partial charge in [-0.05, 0) is 18.6 Å². The van der Waals surface area contributed by atoms with E-state index in [4.69, 9.17) is 9.15 Å². The molecule has 1 aliphatic rings. The maximum Gasteiger partial charge on any atom is 0.235 e. The van der Waals surface area contributed by atoms with Crippen LogP contribution in [0.25, 0.3) is 11.5 Å². The molecule has 0 unspecified atom stereocenters. The lowest BCUT2D eigenvalue weighted by Gasteiger charge is -2.13. The van der Waals surface area contributed by atoms with E-state index in [0.717, 1.165) is 0 Å². The summed E-state index contributed by atoms with van der Waals surface area (Å²) in [7, 11) is 1.57. The average Bonchev–Trinajstić information content (AvgIpc) is 3.12. The van der Waals surface area contributed by atoms with Gasteiger partial charge >= 0.3 is 0 Å². The third kappa shape index (κ3) is 2.43. The maximum atomic E-state index is 9.62. The second-order valence-corrected chi connectivity index (χ2v) is 4.87. The van der Waals surface area contributed by atoms with Gasteiger partial charge in [0.1, 0.15) is 11.8 Å². The summed E-state index contributed by atoms with van der Waals surface area (Å²) in [5.41, 5.74) is 0.924. The first-order chi connectivity index (χ1) is 10.2. The third-order valence-electron chi connectivity index (χ3n) is 3.50. The smallest absolute Gasteiger partial charge is 0.235 e. The number of para-hydroxylation sites is 1. The van der Waals surface area contributed by atoms with Crippen molar-refractivity contribution in [3.8, 4) is 23.3 Å². The van der Waals surface area contributed by atoms with Gasteiger partial charge in [-0.2, -0.15) is 10.2 Å². The van der Waals surface area contributed by atoms with E-state index in [9.17, 15) is 10.4 Å². The first-order valence-electron chi connectivity index (χ1n) is 6.70. The van der Waals surface area contributed by atoms with Crippen LogP contribution in [0.15, 0.2) is 28.7 Å². The zero-order chi connectivity index (χ0) is 14.8. The topological polar surface area (TPSA) is 82.5 Å². The number of benzene rings is 1. The Balaban J connectivity index is 2.02. The second kappa shape index (κ2) is 5.46. The number of ether oxygens (including phenoxy) is 1. The Hall–Kier alpha value is -2.52. The number of anilines is 1. The lowest BCUT2D eigenvalue weighted by atomic mass is 10.2. The quantitative estimate of drug-likeness (QED) is 0.925. The summed E-state index contributed by atoms with van der Waals surface area (Å²) in [5, 5.41) is 18.9. The number of rotatable bonds is 3. The molecule has 0 amide bonds. The minimum absolute atomic E-state index is 0.227. The van der Waals surface area contributed by atoms with Gasteiger partial charge in [-0.25, -0.2) is 0 Å². The van der Waals surface area contributed by atoms with Gasteiger partial charge in [-0.15, -0.1) is 0 Å². The molecule has 0 bridgehead atoms. The summed E-state index contributed by atoms with van der Waals surface area (Å²) in [4.78, 5) is 6.09. The maximum absolute atomic E-state index is 9.62. The molecule has 1 N–H and O–H groups in total. The standard InChI is InChI=1S/C15H15N3O3/c1-20-13-5-3-2-4-11(13)14-17-12(8-16)15(21-14)18-7-6-10(19)9-18/h2-5,10,19H,6-7,9H2,1H3/t10-/m1/s1. The molecule has 1 saturated heterocycles. The Labute approximate surface area is 122 Å². The second-order valence-electron chi connectivity index (χ2n) is 4.87. The highest BCUT2D eigenvalue weighted by Crippen LogP contribution is 2.34. The predicted molar refractivity (Wildman–Crippen MR) is 76.0 cm³/mol. The molecule has 0 saturated carbocycles. The first kappa shape index (κ1) is 13.5. The van der Waals surface area contributed by atoms with Crippen molar-refractivity contribution in [2.75, 3.05) is 25.1 Å². The fourth-order valence-corrected chi connectivity index (χ4v) is 2.46. The molecule has 0 aliphatic carbocycles. The number of methoxy groups -OCH3 is 1. The Morgan fingerprint density at radius 2 is 2.29 bits per heavy atom. The summed E-state index contributed by atoms with van der Waals surface area (Å²) in [6.45, 7) is 1.10. The summed E-state index contributed by atoms with van der Waals surface area (Å²) in [6, 6.07) is 9.39. The molecule has 1 aliphatic heterocycles. The van der Waals surface area contributed by atoms with Gasteiger partial charge in [0.05, 0.1) is 18.8 Å². The van der Waals surface area contributed by atoms with Crippen molar-refractivity contribution in [2.24, 2.45) is 0 Å². The lowest BCUT2D eigenvalue weighted by molar-refractivity contribution is 0.198. The first-order valence-corrected chi connectivity index (χ1v) is 6.70. The molecular weight excluding hydrogens is 270 g/mol. The Morgan fingerprint density at radius 1 is 1.48 bits per heavy atom. The number of hydrogen-bond donors (Lipinski definition) is 1. The number of hydrogen-bond acceptors (Lipinski definition) is 6. The van der Waals surface area contributed by atoms with Crippen LogP contribution < -0.4 is 9.64 Å². The van der Waals surface area contributed by atoms with Crippen LogP contribution in [0.1, 0.15) is 12.1 Å². The largest absolute Gasteiger partial charge is 0.496 e. The molecule has 1 aromatic heterocycles. The molecule has 0 spiro atoms. The van der Waals surface area contributed by atoms with Crippen molar-refractivity contribution >= 4 is 5.88 Å². The number of aliphatic hydroxyl groups is 1. The van der Waals surface area contributed by atoms with Crippen LogP contribution >= 0.6 is 0 Å². The fourth-order valence-electron chi connectivity index (χ4n) is 2.46. The van der Waals surface area contributed by atoms with E-state index < -0.39 is 6.10 Å². The number of aromatic nitrogens is 1. The average molecular weight is 285 g/mol. The molecule has 6 nitrogen and oxygen atoms in total. The van der Waals surface area contributed by atoms with Crippen molar-refractivity contribution < 1.29 is 14.3 Å². The van der Waals surface area contributed by atoms with E-state index in [1.807, 2.05) is 35.2 Å². The van der Waals surface area contributed by atoms with Gasteiger partial charge in [0.2, 0.25) is 17.5 Å². The molecule has 0 radical (unpaired) electrons. The highest BCUT2D eigenvalue weighted by atomic mass is 16.5. The van der Waals surface area contributed by atoms with Gasteiger partial charge in [-0.3, -0.25) is 0 Å². The third-order valence-corrected chi connectivity index (χ3v) is 3.50. The highest BCUT2D eigenvalue weighted by Gasteiger charge is 2.27. The van der Waals surface area contributed by atoms with E-state index in [1.54, 1.807) is 7.11 Å². The van der Waals surface area contributed by atoms with E-state index >= 15 is 0 Å². The van der Waals surface area contributed by atoms with Gasteiger partial charge in [0, 0.05) is 13.1 Å². The zero-order valence-electron chi connectivity index (χ0n) is 11.6. The summed E-state index contributed by atoms with van der Waals surface area (Å²) in [5.74, 6) is 1.39. The Morgan fingerprint density at radius 3 is 2.95 bits per heavy atom. The van der Waals surface area contributed by atoms with Crippen LogP contribution in [0.2, 0.25) is 0 Å². The van der Waals surface area contributed by atoms with Crippen molar-refractivity contribution in [1.29, 1.82) is 5.26 Å². The molecule has 1 atom stereocenters. The van der Waals surface area contributed by atoms with Crippen LogP contribution in [-0.4, -0.2) is 36.4 Å². The molecule has 1 fully saturated rings. The summed E-state index contributed by atoms with van der Waals surface area (Å²) in [6.07, 6.45) is 0.270. The number of aliphatic hydroxyl groups excluding tert-OH is 1. The fraction of sp³-hybridized carbons (Fsp3) is 0.333. The van der Waals surface area contributed by atoms with Crippen LogP contribution in [-0.2, 0) is 0 Å². The summed E-state index contributed by atoms with van der Waals surface area (Å²) >= 11 is 0. The molecular formula is C15H15N3O3. The number of oxazole rings is 1. The van der Waals surface area contributed by atoms with Crippen molar-refractivity contribution in [1.82, 2.24) is 4.98 Å². The minimum atomic E-state index is -0.392. The van der Waals surface area contributed by atoms with Gasteiger partial charge in [0.25, 0.3) is 0 Å². The van der Waals surface area contributed by atoms with Crippen molar-refractivity contribution in [2.45, 2.75) is 12.5 Å². The minimum Gasteiger partial charge on any atom is -0.496 e. The molecule has 1 aromatic carbocycles. The van der Waals surface area contributed by atoms with Gasteiger partial charge in [0.15, 0.2) is 0 Å². The lowest BCUT2D eigenvalue weighted by Crippen LogP contribution is -2.21. The molecule has 2 aromatic rings. The summed E-state index contributed by atoms with van der Waals surface area (Å²) < 4.78 is 11.1. The van der Waals surface area contributed by atoms with E-state index in [0.29, 0.717) is 42.6 Å². The van der Waals surface area contributed by atoms with Gasteiger partial charge in [-0.1, -0.05) is 12.1 Å². The van der Waals surface area contributed by atoms with E-state index in [-0.39, 0.29) is 5.69 Å². The molecule has 21 heavy (non-hydrogen) atoms. The van der Waals surface area contributed by atoms with Crippen LogP contribution in [0, 0.1) is 11.3 Å². The van der Waals surface area contributed by atoms with E-state index in [1.165, 1.54) is 0 Å². The Kier molecular flexibility index (Phi) is 3.50.